The molecule has 0 radical (unpaired) electrons. The summed E-state index contributed by atoms with van der Waals surface area (Å²) in [4.78, 5) is 23.4. The van der Waals surface area contributed by atoms with Crippen LogP contribution in [0.15, 0.2) is 18.2 Å². The molecule has 7 nitrogen and oxygen atoms in total. The van der Waals surface area contributed by atoms with E-state index in [1.165, 1.54) is 38.5 Å². The zero-order valence-electron chi connectivity index (χ0n) is 15.9. The summed E-state index contributed by atoms with van der Waals surface area (Å²) in [5.41, 5.74) is 0.198. The molecule has 0 aromatic heterocycles. The van der Waals surface area contributed by atoms with Crippen molar-refractivity contribution < 1.29 is 14.5 Å². The molecule has 1 aromatic rings. The van der Waals surface area contributed by atoms with Gasteiger partial charge in [-0.15, -0.1) is 0 Å². The number of carbonyl (C=O) groups is 1. The van der Waals surface area contributed by atoms with Crippen molar-refractivity contribution in [2.75, 3.05) is 12.4 Å². The van der Waals surface area contributed by atoms with Gasteiger partial charge in [-0.25, -0.2) is 0 Å². The minimum atomic E-state index is -0.509. The van der Waals surface area contributed by atoms with Gasteiger partial charge in [0, 0.05) is 6.42 Å². The quantitative estimate of drug-likeness (QED) is 0.438. The van der Waals surface area contributed by atoms with Gasteiger partial charge in [0.15, 0.2) is 5.11 Å². The number of nitrogens with one attached hydrogen (secondary N) is 2. The van der Waals surface area contributed by atoms with E-state index in [1.54, 1.807) is 6.07 Å². The molecule has 4 fully saturated rings. The van der Waals surface area contributed by atoms with Gasteiger partial charge < -0.3 is 15.4 Å². The number of amides is 1. The predicted molar refractivity (Wildman–Crippen MR) is 109 cm³/mol. The van der Waals surface area contributed by atoms with E-state index in [1.807, 2.05) is 0 Å². The molecule has 0 atom stereocenters. The number of nitro groups is 1. The van der Waals surface area contributed by atoms with Crippen LogP contribution in [0.1, 0.15) is 44.9 Å². The zero-order valence-corrected chi connectivity index (χ0v) is 16.7. The van der Waals surface area contributed by atoms with E-state index in [2.05, 4.69) is 10.6 Å². The van der Waals surface area contributed by atoms with Crippen LogP contribution in [-0.2, 0) is 4.79 Å². The first kappa shape index (κ1) is 19.1. The Bertz CT molecular complexity index is 790. The third kappa shape index (κ3) is 3.83. The molecule has 1 amide bonds. The second-order valence-electron chi connectivity index (χ2n) is 8.74. The molecule has 0 unspecified atom stereocenters. The number of hydrogen-bond acceptors (Lipinski definition) is 5. The number of thiocarbonyl (C=S) groups is 1. The van der Waals surface area contributed by atoms with Crippen molar-refractivity contribution in [3.8, 4) is 5.75 Å². The molecule has 0 saturated heterocycles. The third-order valence-corrected chi connectivity index (χ3v) is 6.81. The summed E-state index contributed by atoms with van der Waals surface area (Å²) in [6.45, 7) is 0. The fraction of sp³-hybridized carbons (Fsp3) is 0.600. The topological polar surface area (TPSA) is 93.5 Å². The summed E-state index contributed by atoms with van der Waals surface area (Å²) >= 11 is 5.23. The highest BCUT2D eigenvalue weighted by atomic mass is 32.1. The van der Waals surface area contributed by atoms with Crippen molar-refractivity contribution in [2.24, 2.45) is 23.2 Å². The summed E-state index contributed by atoms with van der Waals surface area (Å²) in [7, 11) is 1.45. The highest BCUT2D eigenvalue weighted by molar-refractivity contribution is 7.80. The maximum absolute atomic E-state index is 12.7. The Hall–Kier alpha value is -2.22. The molecular formula is C20H25N3O4S. The molecule has 0 spiro atoms. The lowest BCUT2D eigenvalue weighted by molar-refractivity contribution is -0.384. The van der Waals surface area contributed by atoms with Crippen molar-refractivity contribution in [3.63, 3.8) is 0 Å². The van der Waals surface area contributed by atoms with Gasteiger partial charge in [-0.1, -0.05) is 0 Å². The number of nitrogens with zero attached hydrogens (tertiary/aromatic N) is 1. The Kier molecular flexibility index (Phi) is 4.99. The standard InChI is InChI=1S/C20H25N3O4S/c1-27-15-2-3-16(17(7-15)23(25)26)21-19(28)22-18(24)11-20-8-12-4-13(9-20)6-14(5-12)10-20/h2-3,7,12-14H,4-6,8-11H2,1H3,(H2,21,22,24,28). The monoisotopic (exact) mass is 403 g/mol. The van der Waals surface area contributed by atoms with Crippen LogP contribution in [0.4, 0.5) is 11.4 Å². The number of rotatable bonds is 5. The number of ether oxygens (including phenoxy) is 1. The van der Waals surface area contributed by atoms with Gasteiger partial charge in [0.1, 0.15) is 11.4 Å². The van der Waals surface area contributed by atoms with E-state index in [-0.39, 0.29) is 27.8 Å². The molecule has 1 aromatic carbocycles. The summed E-state index contributed by atoms with van der Waals surface area (Å²) in [5, 5.41) is 16.9. The summed E-state index contributed by atoms with van der Waals surface area (Å²) in [5.74, 6) is 2.63. The van der Waals surface area contributed by atoms with Crippen LogP contribution in [-0.4, -0.2) is 23.1 Å². The van der Waals surface area contributed by atoms with Gasteiger partial charge in [0.25, 0.3) is 5.69 Å². The number of nitro benzene ring substituents is 1. The Labute approximate surface area is 169 Å². The minimum absolute atomic E-state index is 0.0861. The van der Waals surface area contributed by atoms with Gasteiger partial charge in [-0.2, -0.15) is 0 Å². The molecule has 8 heteroatoms. The van der Waals surface area contributed by atoms with E-state index in [9.17, 15) is 14.9 Å². The first-order valence-corrected chi connectivity index (χ1v) is 10.2. The first-order chi connectivity index (χ1) is 13.4. The number of methoxy groups -OCH3 is 1. The summed E-state index contributed by atoms with van der Waals surface area (Å²) in [6, 6.07) is 4.45. The lowest BCUT2D eigenvalue weighted by atomic mass is 9.49. The number of carbonyl (C=O) groups excluding carboxylic acids is 1. The number of anilines is 1. The molecule has 0 aliphatic heterocycles. The van der Waals surface area contributed by atoms with E-state index >= 15 is 0 Å². The molecule has 28 heavy (non-hydrogen) atoms. The SMILES string of the molecule is COc1ccc(NC(=S)NC(=O)CC23CC4CC(CC(C4)C2)C3)c([N+](=O)[O-])c1. The van der Waals surface area contributed by atoms with E-state index in [0.717, 1.165) is 37.0 Å². The molecule has 4 bridgehead atoms. The highest BCUT2D eigenvalue weighted by Gasteiger charge is 2.51. The van der Waals surface area contributed by atoms with E-state index < -0.39 is 4.92 Å². The van der Waals surface area contributed by atoms with Crippen LogP contribution >= 0.6 is 12.2 Å². The van der Waals surface area contributed by atoms with Crippen molar-refractivity contribution in [1.29, 1.82) is 0 Å². The van der Waals surface area contributed by atoms with Gasteiger partial charge in [0.2, 0.25) is 5.91 Å². The first-order valence-electron chi connectivity index (χ1n) is 9.79. The normalized spacial score (nSPS) is 30.0. The van der Waals surface area contributed by atoms with Gasteiger partial charge in [0.05, 0.1) is 18.1 Å². The summed E-state index contributed by atoms with van der Waals surface area (Å²) in [6.07, 6.45) is 7.94. The average Bonchev–Trinajstić information content (AvgIpc) is 2.59. The van der Waals surface area contributed by atoms with Crippen molar-refractivity contribution in [3.05, 3.63) is 28.3 Å². The molecular weight excluding hydrogens is 378 g/mol. The highest BCUT2D eigenvalue weighted by Crippen LogP contribution is 2.61. The van der Waals surface area contributed by atoms with Crippen molar-refractivity contribution >= 4 is 34.6 Å². The van der Waals surface area contributed by atoms with E-state index in [4.69, 9.17) is 17.0 Å². The van der Waals surface area contributed by atoms with Crippen molar-refractivity contribution in [1.82, 2.24) is 5.32 Å². The molecule has 150 valence electrons. The molecule has 4 aliphatic rings. The van der Waals surface area contributed by atoms with Crippen molar-refractivity contribution in [2.45, 2.75) is 44.9 Å². The molecule has 4 saturated carbocycles. The van der Waals surface area contributed by atoms with E-state index in [0.29, 0.717) is 12.2 Å². The lowest BCUT2D eigenvalue weighted by Crippen LogP contribution is -2.48. The Morgan fingerprint density at radius 2 is 1.86 bits per heavy atom. The Balaban J connectivity index is 1.38. The van der Waals surface area contributed by atoms with Crippen LogP contribution in [0.3, 0.4) is 0 Å². The van der Waals surface area contributed by atoms with Crippen LogP contribution in [0, 0.1) is 33.3 Å². The Morgan fingerprint density at radius 3 is 2.39 bits per heavy atom. The van der Waals surface area contributed by atoms with Crippen LogP contribution < -0.4 is 15.4 Å². The Morgan fingerprint density at radius 1 is 1.25 bits per heavy atom. The minimum Gasteiger partial charge on any atom is -0.496 e. The third-order valence-electron chi connectivity index (χ3n) is 6.60. The fourth-order valence-corrected chi connectivity index (χ4v) is 6.29. The summed E-state index contributed by atoms with van der Waals surface area (Å²) < 4.78 is 5.03. The predicted octanol–water partition coefficient (Wildman–Crippen LogP) is 4.02. The maximum Gasteiger partial charge on any atom is 0.296 e. The lowest BCUT2D eigenvalue weighted by Gasteiger charge is -2.56. The fourth-order valence-electron chi connectivity index (χ4n) is 6.07. The number of hydrogen-bond donors (Lipinski definition) is 2. The largest absolute Gasteiger partial charge is 0.496 e. The average molecular weight is 404 g/mol. The molecule has 5 rings (SSSR count). The second kappa shape index (κ2) is 7.31. The number of benzene rings is 1. The van der Waals surface area contributed by atoms with Crippen LogP contribution in [0.5, 0.6) is 5.75 Å². The zero-order chi connectivity index (χ0) is 19.9. The smallest absolute Gasteiger partial charge is 0.296 e. The second-order valence-corrected chi connectivity index (χ2v) is 9.15. The van der Waals surface area contributed by atoms with Crippen LogP contribution in [0.25, 0.3) is 0 Å². The maximum atomic E-state index is 12.7. The van der Waals surface area contributed by atoms with Gasteiger partial charge in [-0.3, -0.25) is 14.9 Å². The molecule has 2 N–H and O–H groups in total. The van der Waals surface area contributed by atoms with Gasteiger partial charge in [-0.05, 0) is 86.0 Å². The molecule has 4 aliphatic carbocycles. The van der Waals surface area contributed by atoms with Gasteiger partial charge >= 0.3 is 0 Å². The van der Waals surface area contributed by atoms with Crippen LogP contribution in [0.2, 0.25) is 0 Å². The molecule has 0 heterocycles.